The second-order valence-corrected chi connectivity index (χ2v) is 15.3. The second kappa shape index (κ2) is 15.1. The van der Waals surface area contributed by atoms with Gasteiger partial charge in [-0.3, -0.25) is 0 Å². The molecule has 2 nitrogen and oxygen atoms in total. The van der Waals surface area contributed by atoms with E-state index < -0.39 is 0 Å². The van der Waals surface area contributed by atoms with Gasteiger partial charge in [0.1, 0.15) is 11.5 Å². The highest BCUT2D eigenvalue weighted by molar-refractivity contribution is 6.04. The summed E-state index contributed by atoms with van der Waals surface area (Å²) in [6.45, 7) is 0. The Morgan fingerprint density at radius 2 is 0.683 bits per heavy atom. The summed E-state index contributed by atoms with van der Waals surface area (Å²) in [6.07, 6.45) is 0. The van der Waals surface area contributed by atoms with Gasteiger partial charge in [-0.25, -0.2) is 0 Å². The SMILES string of the molecule is c1ccc(-c2ccc(-c3ccc(N(c4ccc(-c5ccccc5)cc4)c4ccc5c(c4)-c4cc6ccccc6cc4-c4c(cccc4-c4ccccc4)O5)cc3)cc2)cc1. The Balaban J connectivity index is 1.05. The molecule has 0 saturated carbocycles. The molecule has 0 aliphatic carbocycles. The summed E-state index contributed by atoms with van der Waals surface area (Å²) < 4.78 is 6.97. The number of anilines is 3. The minimum absolute atomic E-state index is 0.827. The first-order chi connectivity index (χ1) is 29.7. The van der Waals surface area contributed by atoms with Crippen molar-refractivity contribution in [3.05, 3.63) is 237 Å². The molecular formula is C58H39NO. The van der Waals surface area contributed by atoms with E-state index in [0.29, 0.717) is 0 Å². The monoisotopic (exact) mass is 765 g/mol. The van der Waals surface area contributed by atoms with Gasteiger partial charge in [0, 0.05) is 28.2 Å². The molecule has 0 N–H and O–H groups in total. The molecule has 1 aliphatic heterocycles. The molecule has 0 aromatic heterocycles. The number of hydrogen-bond acceptors (Lipinski definition) is 2. The molecular weight excluding hydrogens is 727 g/mol. The molecule has 0 bridgehead atoms. The number of benzene rings is 10. The molecule has 0 saturated heterocycles. The summed E-state index contributed by atoms with van der Waals surface area (Å²) >= 11 is 0. The molecule has 0 radical (unpaired) electrons. The predicted octanol–water partition coefficient (Wildman–Crippen LogP) is 16.4. The normalized spacial score (nSPS) is 11.5. The Labute approximate surface area is 350 Å². The van der Waals surface area contributed by atoms with Crippen LogP contribution in [0.4, 0.5) is 17.1 Å². The fourth-order valence-electron chi connectivity index (χ4n) is 8.67. The smallest absolute Gasteiger partial charge is 0.135 e. The number of nitrogens with zero attached hydrogens (tertiary/aromatic N) is 1. The van der Waals surface area contributed by atoms with E-state index in [1.165, 1.54) is 44.2 Å². The molecule has 1 heterocycles. The number of fused-ring (bicyclic) bond motifs is 6. The maximum absolute atomic E-state index is 6.97. The van der Waals surface area contributed by atoms with Gasteiger partial charge >= 0.3 is 0 Å². The van der Waals surface area contributed by atoms with Crippen LogP contribution in [-0.4, -0.2) is 0 Å². The van der Waals surface area contributed by atoms with Crippen molar-refractivity contribution in [2.45, 2.75) is 0 Å². The van der Waals surface area contributed by atoms with Gasteiger partial charge in [-0.2, -0.15) is 0 Å². The summed E-state index contributed by atoms with van der Waals surface area (Å²) in [5, 5.41) is 2.38. The first-order valence-corrected chi connectivity index (χ1v) is 20.5. The zero-order valence-corrected chi connectivity index (χ0v) is 32.9. The molecule has 282 valence electrons. The summed E-state index contributed by atoms with van der Waals surface area (Å²) in [5.74, 6) is 1.67. The summed E-state index contributed by atoms with van der Waals surface area (Å²) in [4.78, 5) is 2.35. The van der Waals surface area contributed by atoms with Crippen molar-refractivity contribution in [3.63, 3.8) is 0 Å². The number of rotatable bonds is 7. The van der Waals surface area contributed by atoms with Crippen LogP contribution in [0.5, 0.6) is 11.5 Å². The lowest BCUT2D eigenvalue weighted by molar-refractivity contribution is 0.488. The Morgan fingerprint density at radius 1 is 0.250 bits per heavy atom. The Kier molecular flexibility index (Phi) is 8.87. The van der Waals surface area contributed by atoms with Gasteiger partial charge in [-0.15, -0.1) is 0 Å². The standard InChI is InChI=1S/C58H39NO/c1-4-13-40(14-5-1)42-23-25-43(26-24-42)45-29-33-50(34-30-45)59(49-31-27-44(28-32-49)41-15-6-2-7-16-41)51-35-36-56-54(39-51)53-37-47-19-10-11-20-48(47)38-55(53)58-52(21-12-22-57(58)60-56)46-17-8-3-9-18-46/h1-39H. The van der Waals surface area contributed by atoms with E-state index in [1.54, 1.807) is 0 Å². The first-order valence-electron chi connectivity index (χ1n) is 20.5. The predicted molar refractivity (Wildman–Crippen MR) is 251 cm³/mol. The van der Waals surface area contributed by atoms with Gasteiger partial charge in [0.05, 0.1) is 0 Å². The fourth-order valence-corrected chi connectivity index (χ4v) is 8.67. The third kappa shape index (κ3) is 6.51. The number of hydrogen-bond donors (Lipinski definition) is 0. The Morgan fingerprint density at radius 3 is 1.22 bits per heavy atom. The molecule has 10 aromatic rings. The highest BCUT2D eigenvalue weighted by Crippen LogP contribution is 2.52. The third-order valence-electron chi connectivity index (χ3n) is 11.7. The van der Waals surface area contributed by atoms with E-state index in [9.17, 15) is 0 Å². The maximum atomic E-state index is 6.97. The summed E-state index contributed by atoms with van der Waals surface area (Å²) in [7, 11) is 0. The van der Waals surface area contributed by atoms with Crippen LogP contribution in [0.15, 0.2) is 237 Å². The van der Waals surface area contributed by atoms with E-state index in [2.05, 4.69) is 241 Å². The molecule has 0 unspecified atom stereocenters. The summed E-state index contributed by atoms with van der Waals surface area (Å²) in [6, 6.07) is 84.7. The van der Waals surface area contributed by atoms with Crippen LogP contribution in [0.1, 0.15) is 0 Å². The average Bonchev–Trinajstić information content (AvgIpc) is 3.46. The quantitative estimate of drug-likeness (QED) is 0.160. The summed E-state index contributed by atoms with van der Waals surface area (Å²) in [5.41, 5.74) is 17.1. The molecule has 0 amide bonds. The lowest BCUT2D eigenvalue weighted by Gasteiger charge is -2.27. The van der Waals surface area contributed by atoms with Crippen molar-refractivity contribution in [1.82, 2.24) is 0 Å². The van der Waals surface area contributed by atoms with Gasteiger partial charge in [0.15, 0.2) is 0 Å². The van der Waals surface area contributed by atoms with Crippen LogP contribution < -0.4 is 9.64 Å². The Hall–Kier alpha value is -7.94. The van der Waals surface area contributed by atoms with Crippen molar-refractivity contribution in [2.24, 2.45) is 0 Å². The molecule has 1 aliphatic rings. The van der Waals surface area contributed by atoms with Crippen LogP contribution in [0.25, 0.3) is 77.5 Å². The minimum atomic E-state index is 0.827. The maximum Gasteiger partial charge on any atom is 0.135 e. The van der Waals surface area contributed by atoms with E-state index in [-0.39, 0.29) is 0 Å². The molecule has 0 fully saturated rings. The van der Waals surface area contributed by atoms with Crippen LogP contribution in [-0.2, 0) is 0 Å². The molecule has 60 heavy (non-hydrogen) atoms. The van der Waals surface area contributed by atoms with Gasteiger partial charge in [-0.1, -0.05) is 176 Å². The second-order valence-electron chi connectivity index (χ2n) is 15.3. The van der Waals surface area contributed by atoms with Gasteiger partial charge in [-0.05, 0) is 127 Å². The first kappa shape index (κ1) is 35.2. The van der Waals surface area contributed by atoms with Gasteiger partial charge in [0.25, 0.3) is 0 Å². The van der Waals surface area contributed by atoms with Crippen LogP contribution in [0, 0.1) is 0 Å². The van der Waals surface area contributed by atoms with Crippen molar-refractivity contribution in [3.8, 4) is 78.3 Å². The zero-order valence-electron chi connectivity index (χ0n) is 32.9. The molecule has 2 heteroatoms. The van der Waals surface area contributed by atoms with Crippen LogP contribution >= 0.6 is 0 Å². The molecule has 0 spiro atoms. The van der Waals surface area contributed by atoms with Crippen molar-refractivity contribution in [2.75, 3.05) is 4.90 Å². The van der Waals surface area contributed by atoms with Crippen molar-refractivity contribution in [1.29, 1.82) is 0 Å². The minimum Gasteiger partial charge on any atom is -0.456 e. The van der Waals surface area contributed by atoms with Gasteiger partial charge < -0.3 is 9.64 Å². The average molecular weight is 766 g/mol. The fraction of sp³-hybridized carbons (Fsp3) is 0. The van der Waals surface area contributed by atoms with Crippen LogP contribution in [0.3, 0.4) is 0 Å². The molecule has 0 atom stereocenters. The Bertz CT molecular complexity index is 3120. The van der Waals surface area contributed by atoms with Crippen molar-refractivity contribution < 1.29 is 4.74 Å². The van der Waals surface area contributed by atoms with E-state index in [4.69, 9.17) is 4.74 Å². The highest BCUT2D eigenvalue weighted by atomic mass is 16.5. The van der Waals surface area contributed by atoms with Crippen LogP contribution in [0.2, 0.25) is 0 Å². The topological polar surface area (TPSA) is 12.5 Å². The van der Waals surface area contributed by atoms with Gasteiger partial charge in [0.2, 0.25) is 0 Å². The third-order valence-corrected chi connectivity index (χ3v) is 11.7. The largest absolute Gasteiger partial charge is 0.456 e. The molecule has 11 rings (SSSR count). The van der Waals surface area contributed by atoms with E-state index in [0.717, 1.165) is 61.9 Å². The number of ether oxygens (including phenoxy) is 1. The van der Waals surface area contributed by atoms with E-state index in [1.807, 2.05) is 0 Å². The highest BCUT2D eigenvalue weighted by Gasteiger charge is 2.26. The lowest BCUT2D eigenvalue weighted by atomic mass is 9.87. The van der Waals surface area contributed by atoms with E-state index >= 15 is 0 Å². The lowest BCUT2D eigenvalue weighted by Crippen LogP contribution is -2.10. The molecule has 10 aromatic carbocycles. The van der Waals surface area contributed by atoms with Crippen molar-refractivity contribution >= 4 is 27.8 Å². The zero-order chi connectivity index (χ0) is 39.8.